The van der Waals surface area contributed by atoms with E-state index in [1.807, 2.05) is 104 Å². The molecule has 2 atom stereocenters. The van der Waals surface area contributed by atoms with Crippen molar-refractivity contribution in [1.29, 1.82) is 0 Å². The zero-order valence-corrected chi connectivity index (χ0v) is 39.6. The van der Waals surface area contributed by atoms with Crippen LogP contribution in [-0.2, 0) is 50.8 Å². The van der Waals surface area contributed by atoms with Crippen LogP contribution in [-0.4, -0.2) is 98.8 Å². The van der Waals surface area contributed by atoms with E-state index in [2.05, 4.69) is 24.1 Å². The number of rotatable bonds is 16. The Labute approximate surface area is 385 Å². The van der Waals surface area contributed by atoms with E-state index < -0.39 is 88.3 Å². The van der Waals surface area contributed by atoms with Gasteiger partial charge in [-0.2, -0.15) is 25.3 Å². The van der Waals surface area contributed by atoms with E-state index >= 15 is 0 Å². The summed E-state index contributed by atoms with van der Waals surface area (Å²) in [6.45, 7) is 8.14. The Morgan fingerprint density at radius 1 is 0.712 bits per heavy atom. The van der Waals surface area contributed by atoms with Gasteiger partial charge >= 0.3 is 5.97 Å². The average molecular weight is 962 g/mol. The molecule has 7 rings (SSSR count). The molecule has 0 fully saturated rings. The number of fused-ring (bicyclic) bond motifs is 6. The van der Waals surface area contributed by atoms with Gasteiger partial charge < -0.3 is 20.2 Å². The second-order valence-electron chi connectivity index (χ2n) is 18.4. The maximum atomic E-state index is 14.1. The van der Waals surface area contributed by atoms with Crippen molar-refractivity contribution in [3.8, 4) is 0 Å². The average Bonchev–Trinajstić information content (AvgIpc) is 3.58. The molecule has 2 aliphatic heterocycles. The number of carboxylic acid groups (broad SMARTS) is 1. The van der Waals surface area contributed by atoms with Gasteiger partial charge in [0.25, 0.3) is 30.4 Å². The molecule has 4 aromatic carbocycles. The zero-order chi connectivity index (χ0) is 48.0. The van der Waals surface area contributed by atoms with Gasteiger partial charge in [-0.25, -0.2) is 0 Å². The fourth-order valence-electron chi connectivity index (χ4n) is 10.2. The molecule has 1 aliphatic carbocycles. The highest BCUT2D eigenvalue weighted by atomic mass is 32.2. The van der Waals surface area contributed by atoms with Gasteiger partial charge in [-0.05, 0) is 87.7 Å². The number of nitrogens with zero attached hydrogens (tertiary/aromatic N) is 2. The highest BCUT2D eigenvalue weighted by Gasteiger charge is 2.49. The lowest BCUT2D eigenvalue weighted by atomic mass is 9.70. The van der Waals surface area contributed by atoms with Crippen LogP contribution in [0.3, 0.4) is 0 Å². The Balaban J connectivity index is 1.34. The number of nitrogens with one attached hydrogen (secondary N) is 1. The summed E-state index contributed by atoms with van der Waals surface area (Å²) < 4.78 is 99.0. The van der Waals surface area contributed by atoms with Crippen molar-refractivity contribution in [1.82, 2.24) is 5.32 Å². The molecule has 2 heterocycles. The van der Waals surface area contributed by atoms with E-state index in [4.69, 9.17) is 0 Å². The molecule has 5 N–H and O–H groups in total. The van der Waals surface area contributed by atoms with Crippen molar-refractivity contribution >= 4 is 75.2 Å². The number of aliphatic carboxylic acids is 1. The van der Waals surface area contributed by atoms with Crippen LogP contribution in [0.2, 0.25) is 0 Å². The summed E-state index contributed by atoms with van der Waals surface area (Å²) in [5.74, 6) is -4.16. The van der Waals surface area contributed by atoms with Gasteiger partial charge in [0.2, 0.25) is 5.91 Å². The standard InChI is InChI=1S/C48H55N3O12S3/c1-46(2)40(50(24-9-26-64(55,56)57)38-19-17-34-11-5-7-13-36(34)42(38)46)21-15-32-29-33(31-48(30-32,45(53)54)44(52)49-23-28-66(61,62)63)16-22-41-47(3,4)43-37-14-8-6-12-35(37)18-20-39(43)51(41)25-10-27-65(58,59)60/h5-8,11-22,29,40H,9-10,23-28,30-31H2,1-4H3,(H,49,52)(H,53,54)(H,55,56,57)(H,58,59,60)(H,61,62,63)/b21-15+,33-16-,41-22+. The van der Waals surface area contributed by atoms with Crippen molar-refractivity contribution < 1.29 is 53.6 Å². The van der Waals surface area contributed by atoms with Crippen LogP contribution in [0, 0.1) is 5.41 Å². The molecule has 0 radical (unpaired) electrons. The first-order chi connectivity index (χ1) is 30.8. The third-order valence-corrected chi connectivity index (χ3v) is 15.4. The summed E-state index contributed by atoms with van der Waals surface area (Å²) in [7, 11) is -13.0. The van der Waals surface area contributed by atoms with Crippen molar-refractivity contribution in [2.75, 3.05) is 46.7 Å². The molecule has 0 spiro atoms. The number of carboxylic acids is 1. The quantitative estimate of drug-likeness (QED) is 0.0563. The van der Waals surface area contributed by atoms with Gasteiger partial charge in [0.1, 0.15) is 0 Å². The normalized spacial score (nSPS) is 21.7. The highest BCUT2D eigenvalue weighted by Crippen LogP contribution is 2.52. The summed E-state index contributed by atoms with van der Waals surface area (Å²) in [6, 6.07) is 23.3. The molecule has 0 aromatic heterocycles. The van der Waals surface area contributed by atoms with Crippen LogP contribution < -0.4 is 15.1 Å². The Morgan fingerprint density at radius 2 is 1.27 bits per heavy atom. The minimum Gasteiger partial charge on any atom is -0.480 e. The second kappa shape index (κ2) is 18.0. The number of hydrogen-bond donors (Lipinski definition) is 5. The van der Waals surface area contributed by atoms with E-state index in [1.165, 1.54) is 0 Å². The van der Waals surface area contributed by atoms with E-state index in [1.54, 1.807) is 18.2 Å². The topological polar surface area (TPSA) is 236 Å². The second-order valence-corrected chi connectivity index (χ2v) is 23.1. The zero-order valence-electron chi connectivity index (χ0n) is 37.1. The van der Waals surface area contributed by atoms with Crippen molar-refractivity contribution in [3.05, 3.63) is 131 Å². The van der Waals surface area contributed by atoms with Crippen molar-refractivity contribution in [2.24, 2.45) is 5.41 Å². The molecular formula is C48H55N3O12S3. The van der Waals surface area contributed by atoms with Crippen LogP contribution in [0.5, 0.6) is 0 Å². The molecule has 0 bridgehead atoms. The lowest BCUT2D eigenvalue weighted by Gasteiger charge is -2.34. The number of benzene rings is 4. The van der Waals surface area contributed by atoms with Crippen molar-refractivity contribution in [3.63, 3.8) is 0 Å². The summed E-state index contributed by atoms with van der Waals surface area (Å²) in [5, 5.41) is 17.4. The highest BCUT2D eigenvalue weighted by molar-refractivity contribution is 7.86. The largest absolute Gasteiger partial charge is 0.480 e. The van der Waals surface area contributed by atoms with E-state index in [0.717, 1.165) is 49.7 Å². The molecule has 352 valence electrons. The van der Waals surface area contributed by atoms with Gasteiger partial charge in [-0.1, -0.05) is 113 Å². The fourth-order valence-corrected chi connectivity index (χ4v) is 11.5. The SMILES string of the molecule is CC1(C)/C(=C\C=C2C=C(/C=C/C3N(CCCS(=O)(=O)O)c4ccc5ccccc5c4C3(C)C)CC(C(=O)O)(C(=O)NCCS(=O)(=O)O)C\2)N(CCCS(=O)(=O)O)c2ccc3ccccc3c21. The Morgan fingerprint density at radius 3 is 1.86 bits per heavy atom. The molecular weight excluding hydrogens is 907 g/mol. The molecule has 0 saturated heterocycles. The first-order valence-corrected chi connectivity index (χ1v) is 26.4. The van der Waals surface area contributed by atoms with Crippen molar-refractivity contribution in [2.45, 2.75) is 70.3 Å². The maximum Gasteiger partial charge on any atom is 0.319 e. The molecule has 18 heteroatoms. The molecule has 3 aliphatic rings. The number of anilines is 2. The molecule has 66 heavy (non-hydrogen) atoms. The number of amides is 1. The number of carbonyl (C=O) groups is 2. The third kappa shape index (κ3) is 9.99. The predicted molar refractivity (Wildman–Crippen MR) is 257 cm³/mol. The third-order valence-electron chi connectivity index (χ3n) is 13.1. The minimum atomic E-state index is -4.49. The first kappa shape index (κ1) is 48.6. The molecule has 15 nitrogen and oxygen atoms in total. The van der Waals surface area contributed by atoms with Crippen LogP contribution >= 0.6 is 0 Å². The Bertz CT molecular complexity index is 3080. The Kier molecular flexibility index (Phi) is 13.3. The van der Waals surface area contributed by atoms with Gasteiger partial charge in [0, 0.05) is 47.5 Å². The Hall–Kier alpha value is -5.37. The van der Waals surface area contributed by atoms with Gasteiger partial charge in [-0.3, -0.25) is 23.2 Å². The molecule has 4 aromatic rings. The van der Waals surface area contributed by atoms with Crippen LogP contribution in [0.15, 0.2) is 120 Å². The fraction of sp³-hybridized carbons (Fsp3) is 0.375. The van der Waals surface area contributed by atoms with Gasteiger partial charge in [-0.15, -0.1) is 0 Å². The number of hydrogen-bond acceptors (Lipinski definition) is 10. The van der Waals surface area contributed by atoms with Gasteiger partial charge in [0.15, 0.2) is 5.41 Å². The van der Waals surface area contributed by atoms with Crippen LogP contribution in [0.25, 0.3) is 21.5 Å². The smallest absolute Gasteiger partial charge is 0.319 e. The lowest BCUT2D eigenvalue weighted by molar-refractivity contribution is -0.156. The van der Waals surface area contributed by atoms with Crippen LogP contribution in [0.4, 0.5) is 11.4 Å². The lowest BCUT2D eigenvalue weighted by Crippen LogP contribution is -2.49. The molecule has 2 unspecified atom stereocenters. The molecule has 1 amide bonds. The van der Waals surface area contributed by atoms with Gasteiger partial charge in [0.05, 0.1) is 23.3 Å². The number of allylic oxidation sites excluding steroid dienone is 7. The summed E-state index contributed by atoms with van der Waals surface area (Å²) in [5.41, 5.74) is 2.00. The molecule has 0 saturated carbocycles. The minimum absolute atomic E-state index is 0.0970. The number of carbonyl (C=O) groups excluding carboxylic acids is 1. The summed E-state index contributed by atoms with van der Waals surface area (Å²) in [4.78, 5) is 31.6. The van der Waals surface area contributed by atoms with Crippen LogP contribution in [0.1, 0.15) is 64.5 Å². The monoisotopic (exact) mass is 961 g/mol. The summed E-state index contributed by atoms with van der Waals surface area (Å²) in [6.07, 6.45) is 8.68. The maximum absolute atomic E-state index is 14.1. The predicted octanol–water partition coefficient (Wildman–Crippen LogP) is 6.97. The van der Waals surface area contributed by atoms with E-state index in [-0.39, 0.29) is 38.8 Å². The first-order valence-electron chi connectivity index (χ1n) is 21.6. The van der Waals surface area contributed by atoms with E-state index in [0.29, 0.717) is 11.1 Å². The summed E-state index contributed by atoms with van der Waals surface area (Å²) >= 11 is 0. The van der Waals surface area contributed by atoms with E-state index in [9.17, 15) is 53.6 Å².